The number of benzene rings is 2. The molecule has 1 amide bonds. The average Bonchev–Trinajstić information content (AvgIpc) is 2.78. The van der Waals surface area contributed by atoms with Gasteiger partial charge >= 0.3 is 0 Å². The van der Waals surface area contributed by atoms with Gasteiger partial charge in [-0.15, -0.1) is 0 Å². The molecule has 1 N–H and O–H groups in total. The molecule has 3 rings (SSSR count). The summed E-state index contributed by atoms with van der Waals surface area (Å²) in [4.78, 5) is 21.5. The van der Waals surface area contributed by atoms with Gasteiger partial charge in [0.15, 0.2) is 6.61 Å². The SMILES string of the molecule is C/C(=N\OCc1ccc(Br)cc1)c1ccc(OCC(=O)NCc2ccccn2)cc1. The third kappa shape index (κ3) is 7.00. The van der Waals surface area contributed by atoms with Crippen LogP contribution in [-0.2, 0) is 22.8 Å². The minimum atomic E-state index is -0.205. The first-order chi connectivity index (χ1) is 14.6. The molecule has 0 aliphatic heterocycles. The lowest BCUT2D eigenvalue weighted by atomic mass is 10.1. The van der Waals surface area contributed by atoms with Gasteiger partial charge in [-0.25, -0.2) is 0 Å². The lowest BCUT2D eigenvalue weighted by Gasteiger charge is -2.08. The predicted molar refractivity (Wildman–Crippen MR) is 119 cm³/mol. The molecule has 0 spiro atoms. The number of halogens is 1. The fourth-order valence-corrected chi connectivity index (χ4v) is 2.79. The Bertz CT molecular complexity index is 975. The molecule has 2 aromatic carbocycles. The number of carbonyl (C=O) groups excluding carboxylic acids is 1. The van der Waals surface area contributed by atoms with Crippen molar-refractivity contribution in [1.82, 2.24) is 10.3 Å². The van der Waals surface area contributed by atoms with E-state index in [1.807, 2.05) is 61.5 Å². The summed E-state index contributed by atoms with van der Waals surface area (Å²) in [7, 11) is 0. The Morgan fingerprint density at radius 3 is 2.53 bits per heavy atom. The molecule has 154 valence electrons. The van der Waals surface area contributed by atoms with E-state index in [9.17, 15) is 4.79 Å². The summed E-state index contributed by atoms with van der Waals surface area (Å²) in [6.45, 7) is 2.59. The van der Waals surface area contributed by atoms with Gasteiger partial charge in [0.1, 0.15) is 12.4 Å². The normalized spacial score (nSPS) is 11.1. The fourth-order valence-electron chi connectivity index (χ4n) is 2.52. The molecule has 1 heterocycles. The number of nitrogens with one attached hydrogen (secondary N) is 1. The van der Waals surface area contributed by atoms with Crippen molar-refractivity contribution in [2.45, 2.75) is 20.1 Å². The maximum absolute atomic E-state index is 11.9. The molecule has 30 heavy (non-hydrogen) atoms. The molecule has 0 bridgehead atoms. The molecule has 0 saturated carbocycles. The summed E-state index contributed by atoms with van der Waals surface area (Å²) in [6, 6.07) is 20.8. The van der Waals surface area contributed by atoms with Crippen molar-refractivity contribution in [3.63, 3.8) is 0 Å². The molecule has 0 aliphatic carbocycles. The van der Waals surface area contributed by atoms with E-state index in [1.54, 1.807) is 18.3 Å². The van der Waals surface area contributed by atoms with Gasteiger partial charge in [0.05, 0.1) is 18.0 Å². The average molecular weight is 468 g/mol. The van der Waals surface area contributed by atoms with Crippen LogP contribution in [0.3, 0.4) is 0 Å². The maximum Gasteiger partial charge on any atom is 0.258 e. The van der Waals surface area contributed by atoms with Gasteiger partial charge in [0.25, 0.3) is 5.91 Å². The number of aromatic nitrogens is 1. The van der Waals surface area contributed by atoms with Gasteiger partial charge < -0.3 is 14.9 Å². The minimum absolute atomic E-state index is 0.0600. The third-order valence-corrected chi connectivity index (χ3v) is 4.71. The zero-order valence-electron chi connectivity index (χ0n) is 16.5. The summed E-state index contributed by atoms with van der Waals surface area (Å²) in [5.74, 6) is 0.402. The molecular formula is C23H22BrN3O3. The van der Waals surface area contributed by atoms with Crippen molar-refractivity contribution < 1.29 is 14.4 Å². The first-order valence-corrected chi connectivity index (χ1v) is 10.2. The van der Waals surface area contributed by atoms with Crippen molar-refractivity contribution in [1.29, 1.82) is 0 Å². The van der Waals surface area contributed by atoms with E-state index in [0.717, 1.165) is 27.0 Å². The molecule has 0 radical (unpaired) electrons. The maximum atomic E-state index is 11.9. The zero-order valence-corrected chi connectivity index (χ0v) is 18.1. The molecule has 6 nitrogen and oxygen atoms in total. The standard InChI is InChI=1S/C23H22BrN3O3/c1-17(27-30-15-18-5-9-20(24)10-6-18)19-7-11-22(12-8-19)29-16-23(28)26-14-21-4-2-3-13-25-21/h2-13H,14-16H2,1H3,(H,26,28)/b27-17+. The van der Waals surface area contributed by atoms with E-state index in [1.165, 1.54) is 0 Å². The molecule has 0 unspecified atom stereocenters. The molecule has 0 saturated heterocycles. The Hall–Kier alpha value is -3.19. The number of nitrogens with zero attached hydrogens (tertiary/aromatic N) is 2. The van der Waals surface area contributed by atoms with E-state index < -0.39 is 0 Å². The molecule has 0 atom stereocenters. The second kappa shape index (κ2) is 11.1. The molecule has 0 aliphatic rings. The summed E-state index contributed by atoms with van der Waals surface area (Å²) < 4.78 is 6.56. The van der Waals surface area contributed by atoms with E-state index in [-0.39, 0.29) is 12.5 Å². The van der Waals surface area contributed by atoms with Crippen LogP contribution in [0, 0.1) is 0 Å². The highest BCUT2D eigenvalue weighted by molar-refractivity contribution is 9.10. The quantitative estimate of drug-likeness (QED) is 0.371. The van der Waals surface area contributed by atoms with Crippen LogP contribution in [0.25, 0.3) is 0 Å². The Balaban J connectivity index is 1.43. The molecule has 3 aromatic rings. The van der Waals surface area contributed by atoms with Crippen molar-refractivity contribution in [2.24, 2.45) is 5.16 Å². The lowest BCUT2D eigenvalue weighted by molar-refractivity contribution is -0.123. The highest BCUT2D eigenvalue weighted by Gasteiger charge is 2.05. The number of carbonyl (C=O) groups is 1. The highest BCUT2D eigenvalue weighted by atomic mass is 79.9. The van der Waals surface area contributed by atoms with Crippen LogP contribution in [0.5, 0.6) is 5.75 Å². The Kier molecular flexibility index (Phi) is 7.97. The number of amides is 1. The minimum Gasteiger partial charge on any atom is -0.484 e. The van der Waals surface area contributed by atoms with Gasteiger partial charge in [-0.05, 0) is 66.6 Å². The summed E-state index contributed by atoms with van der Waals surface area (Å²) in [5.41, 5.74) is 3.51. The van der Waals surface area contributed by atoms with Crippen LogP contribution >= 0.6 is 15.9 Å². The number of ether oxygens (including phenoxy) is 1. The Morgan fingerprint density at radius 1 is 1.07 bits per heavy atom. The van der Waals surface area contributed by atoms with Crippen molar-refractivity contribution >= 4 is 27.5 Å². The number of oxime groups is 1. The predicted octanol–water partition coefficient (Wildman–Crippen LogP) is 4.48. The second-order valence-electron chi connectivity index (χ2n) is 6.49. The zero-order chi connectivity index (χ0) is 21.2. The van der Waals surface area contributed by atoms with Gasteiger partial charge in [-0.1, -0.05) is 39.3 Å². The number of hydrogen-bond acceptors (Lipinski definition) is 5. The summed E-state index contributed by atoms with van der Waals surface area (Å²) in [6.07, 6.45) is 1.69. The Labute approximate surface area is 184 Å². The molecule has 1 aromatic heterocycles. The van der Waals surface area contributed by atoms with Crippen LogP contribution in [0.2, 0.25) is 0 Å². The fraction of sp³-hybridized carbons (Fsp3) is 0.174. The lowest BCUT2D eigenvalue weighted by Crippen LogP contribution is -2.28. The first-order valence-electron chi connectivity index (χ1n) is 9.41. The monoisotopic (exact) mass is 467 g/mol. The molecule has 0 fully saturated rings. The largest absolute Gasteiger partial charge is 0.484 e. The molecule has 7 heteroatoms. The topological polar surface area (TPSA) is 72.8 Å². The van der Waals surface area contributed by atoms with Gasteiger partial charge in [-0.2, -0.15) is 0 Å². The smallest absolute Gasteiger partial charge is 0.258 e. The van der Waals surface area contributed by atoms with Crippen LogP contribution in [0.4, 0.5) is 0 Å². The van der Waals surface area contributed by atoms with E-state index in [4.69, 9.17) is 9.57 Å². The van der Waals surface area contributed by atoms with E-state index in [0.29, 0.717) is 18.9 Å². The van der Waals surface area contributed by atoms with Gasteiger partial charge in [-0.3, -0.25) is 9.78 Å². The van der Waals surface area contributed by atoms with Gasteiger partial charge in [0, 0.05) is 10.7 Å². The van der Waals surface area contributed by atoms with Crippen molar-refractivity contribution in [3.8, 4) is 5.75 Å². The van der Waals surface area contributed by atoms with E-state index >= 15 is 0 Å². The summed E-state index contributed by atoms with van der Waals surface area (Å²) >= 11 is 3.41. The number of rotatable bonds is 9. The number of pyridine rings is 1. The van der Waals surface area contributed by atoms with Gasteiger partial charge in [0.2, 0.25) is 0 Å². The van der Waals surface area contributed by atoms with E-state index in [2.05, 4.69) is 31.4 Å². The van der Waals surface area contributed by atoms with Crippen LogP contribution in [0.15, 0.2) is 82.6 Å². The van der Waals surface area contributed by atoms with Crippen molar-refractivity contribution in [3.05, 3.63) is 94.2 Å². The highest BCUT2D eigenvalue weighted by Crippen LogP contribution is 2.14. The summed E-state index contributed by atoms with van der Waals surface area (Å²) in [5, 5.41) is 6.94. The van der Waals surface area contributed by atoms with Crippen LogP contribution in [0.1, 0.15) is 23.7 Å². The van der Waals surface area contributed by atoms with Crippen LogP contribution < -0.4 is 10.1 Å². The first kappa shape index (κ1) is 21.5. The Morgan fingerprint density at radius 2 is 1.83 bits per heavy atom. The molecular weight excluding hydrogens is 446 g/mol. The van der Waals surface area contributed by atoms with Crippen molar-refractivity contribution in [2.75, 3.05) is 6.61 Å². The van der Waals surface area contributed by atoms with Crippen LogP contribution in [-0.4, -0.2) is 23.2 Å². The number of hydrogen-bond donors (Lipinski definition) is 1. The second-order valence-corrected chi connectivity index (χ2v) is 7.40. The third-order valence-electron chi connectivity index (χ3n) is 4.18.